The molecule has 0 saturated carbocycles. The summed E-state index contributed by atoms with van der Waals surface area (Å²) in [5, 5.41) is 3.23. The van der Waals surface area contributed by atoms with E-state index in [2.05, 4.69) is 11.9 Å². The van der Waals surface area contributed by atoms with Crippen LogP contribution in [0.5, 0.6) is 28.7 Å². The zero-order valence-electron chi connectivity index (χ0n) is 27.0. The number of aromatic nitrogens is 2. The molecule has 3 aromatic rings. The van der Waals surface area contributed by atoms with Crippen molar-refractivity contribution in [3.8, 4) is 28.7 Å². The molecule has 6 rings (SSSR count). The van der Waals surface area contributed by atoms with Crippen LogP contribution in [0.2, 0.25) is 5.02 Å². The maximum Gasteiger partial charge on any atom is 0.332 e. The van der Waals surface area contributed by atoms with Crippen LogP contribution in [0.4, 0.5) is 5.82 Å². The van der Waals surface area contributed by atoms with Gasteiger partial charge in [-0.05, 0) is 36.6 Å². The van der Waals surface area contributed by atoms with E-state index in [4.69, 9.17) is 35.3 Å². The van der Waals surface area contributed by atoms with Gasteiger partial charge in [0, 0.05) is 43.3 Å². The fourth-order valence-electron chi connectivity index (χ4n) is 6.71. The van der Waals surface area contributed by atoms with Crippen molar-refractivity contribution in [3.05, 3.63) is 90.2 Å². The largest absolute Gasteiger partial charge is 0.496 e. The van der Waals surface area contributed by atoms with Gasteiger partial charge in [0.15, 0.2) is 17.2 Å². The average Bonchev–Trinajstić information content (AvgIpc) is 3.38. The maximum absolute atomic E-state index is 15.1. The molecule has 3 atom stereocenters. The van der Waals surface area contributed by atoms with Crippen molar-refractivity contribution < 1.29 is 33.3 Å². The number of carbonyl (C=O) groups is 2. The van der Waals surface area contributed by atoms with Gasteiger partial charge in [-0.25, -0.2) is 4.79 Å². The Kier molecular flexibility index (Phi) is 7.74. The Labute approximate surface area is 275 Å². The maximum atomic E-state index is 15.1. The van der Waals surface area contributed by atoms with E-state index in [-0.39, 0.29) is 57.8 Å². The molecule has 0 unspecified atom stereocenters. The molecule has 1 aliphatic carbocycles. The van der Waals surface area contributed by atoms with Crippen molar-refractivity contribution in [2.45, 2.75) is 31.8 Å². The van der Waals surface area contributed by atoms with Crippen LogP contribution in [-0.2, 0) is 18.9 Å². The highest BCUT2D eigenvalue weighted by Crippen LogP contribution is 2.56. The summed E-state index contributed by atoms with van der Waals surface area (Å²) in [7, 11) is 7.20. The van der Waals surface area contributed by atoms with Crippen LogP contribution in [-0.4, -0.2) is 54.2 Å². The minimum Gasteiger partial charge on any atom is -0.496 e. The van der Waals surface area contributed by atoms with Gasteiger partial charge in [0.25, 0.3) is 5.56 Å². The molecule has 2 aromatic carbocycles. The minimum atomic E-state index is -2.03. The lowest BCUT2D eigenvalue weighted by molar-refractivity contribution is -0.130. The van der Waals surface area contributed by atoms with Gasteiger partial charge in [-0.1, -0.05) is 31.2 Å². The Balaban J connectivity index is 1.59. The molecule has 3 heterocycles. The summed E-state index contributed by atoms with van der Waals surface area (Å²) in [6.07, 6.45) is 0.161. The normalized spacial score (nSPS) is 21.0. The first-order valence-corrected chi connectivity index (χ1v) is 15.2. The van der Waals surface area contributed by atoms with E-state index in [9.17, 15) is 14.4 Å². The summed E-state index contributed by atoms with van der Waals surface area (Å²) in [5.74, 6) is -1.63. The lowest BCUT2D eigenvalue weighted by Gasteiger charge is -2.42. The molecule has 0 saturated heterocycles. The quantitative estimate of drug-likeness (QED) is 0.290. The van der Waals surface area contributed by atoms with Crippen molar-refractivity contribution in [2.24, 2.45) is 20.0 Å². The second kappa shape index (κ2) is 11.4. The van der Waals surface area contributed by atoms with Crippen LogP contribution in [0, 0.1) is 5.92 Å². The highest BCUT2D eigenvalue weighted by Gasteiger charge is 2.63. The molecule has 13 heteroatoms. The Morgan fingerprint density at radius 1 is 1.00 bits per heavy atom. The van der Waals surface area contributed by atoms with Crippen LogP contribution in [0.3, 0.4) is 0 Å². The number of ketones is 2. The van der Waals surface area contributed by atoms with E-state index >= 15 is 4.79 Å². The highest BCUT2D eigenvalue weighted by atomic mass is 35.5. The standard InChI is InChI=1S/C34H34ClN3O9/c1-15(2)14-46-19-10-9-17(12-20(19)43-6)23-24-18(36-31-26(23)32(41)38(5)33(42)37(31)4)11-16(3)34(29(24)39)30(40)25-21(44-7)13-22(45-8)27(35)28(25)47-34/h9-10,12-13,16,23,36H,1,11,14H2,2-8H3/t16-,23+,34+/m1/s1. The molecule has 1 spiro atoms. The Bertz CT molecular complexity index is 2060. The molecule has 1 N–H and O–H groups in total. The molecular weight excluding hydrogens is 630 g/mol. The van der Waals surface area contributed by atoms with E-state index < -0.39 is 40.3 Å². The number of methoxy groups -OCH3 is 3. The van der Waals surface area contributed by atoms with Gasteiger partial charge in [0.1, 0.15) is 34.5 Å². The van der Waals surface area contributed by atoms with E-state index in [1.807, 2.05) is 6.92 Å². The number of nitrogens with one attached hydrogen (secondary N) is 1. The molecule has 12 nitrogen and oxygen atoms in total. The van der Waals surface area contributed by atoms with Gasteiger partial charge in [-0.3, -0.25) is 23.5 Å². The van der Waals surface area contributed by atoms with E-state index in [0.717, 1.165) is 10.1 Å². The number of nitrogens with zero attached hydrogens (tertiary/aromatic N) is 2. The third kappa shape index (κ3) is 4.49. The fraction of sp³-hybridized carbons (Fsp3) is 0.353. The predicted molar refractivity (Wildman–Crippen MR) is 174 cm³/mol. The van der Waals surface area contributed by atoms with Crippen molar-refractivity contribution in [3.63, 3.8) is 0 Å². The second-order valence-electron chi connectivity index (χ2n) is 12.0. The number of benzene rings is 2. The van der Waals surface area contributed by atoms with Crippen molar-refractivity contribution in [1.82, 2.24) is 9.13 Å². The van der Waals surface area contributed by atoms with Gasteiger partial charge < -0.3 is 29.0 Å². The summed E-state index contributed by atoms with van der Waals surface area (Å²) in [6, 6.07) is 6.55. The summed E-state index contributed by atoms with van der Waals surface area (Å²) in [5.41, 5.74) is -1.11. The van der Waals surface area contributed by atoms with Crippen molar-refractivity contribution >= 4 is 29.0 Å². The summed E-state index contributed by atoms with van der Waals surface area (Å²) < 4.78 is 31.1. The van der Waals surface area contributed by atoms with Gasteiger partial charge in [0.05, 0.1) is 26.9 Å². The number of fused-ring (bicyclic) bond motifs is 2. The number of halogens is 1. The minimum absolute atomic E-state index is 0.0168. The molecule has 0 amide bonds. The lowest BCUT2D eigenvalue weighted by atomic mass is 9.66. The highest BCUT2D eigenvalue weighted by molar-refractivity contribution is 6.36. The SMILES string of the molecule is C=C(C)COc1ccc([C@H]2C3=C(C[C@@H](C)[C@]4(Oc5c(Cl)c(OC)cc(OC)c5C4=O)C3=O)Nc3c2c(=O)n(C)c(=O)n3C)cc1OC. The first-order valence-electron chi connectivity index (χ1n) is 14.8. The average molecular weight is 664 g/mol. The Morgan fingerprint density at radius 3 is 2.32 bits per heavy atom. The monoisotopic (exact) mass is 663 g/mol. The van der Waals surface area contributed by atoms with Crippen LogP contribution in [0.15, 0.2) is 57.3 Å². The first-order chi connectivity index (χ1) is 22.3. The molecule has 246 valence electrons. The van der Waals surface area contributed by atoms with Crippen LogP contribution >= 0.6 is 11.6 Å². The van der Waals surface area contributed by atoms with Gasteiger partial charge in [-0.15, -0.1) is 0 Å². The number of rotatable bonds is 7. The summed E-state index contributed by atoms with van der Waals surface area (Å²) in [6.45, 7) is 7.68. The van der Waals surface area contributed by atoms with Crippen LogP contribution in [0.1, 0.15) is 47.7 Å². The molecule has 47 heavy (non-hydrogen) atoms. The van der Waals surface area contributed by atoms with E-state index in [1.54, 1.807) is 32.2 Å². The van der Waals surface area contributed by atoms with Gasteiger partial charge in [-0.2, -0.15) is 0 Å². The van der Waals surface area contributed by atoms with Crippen LogP contribution in [0.25, 0.3) is 0 Å². The molecule has 3 aliphatic rings. The number of Topliss-reactive ketones (excluding diaryl/α,β-unsaturated/α-hetero) is 2. The van der Waals surface area contributed by atoms with Crippen molar-refractivity contribution in [2.75, 3.05) is 33.3 Å². The number of carbonyl (C=O) groups excluding carboxylic acids is 2. The second-order valence-corrected chi connectivity index (χ2v) is 12.4. The van der Waals surface area contributed by atoms with Crippen molar-refractivity contribution in [1.29, 1.82) is 0 Å². The van der Waals surface area contributed by atoms with Crippen LogP contribution < -0.4 is 40.3 Å². The molecule has 0 radical (unpaired) electrons. The third-order valence-electron chi connectivity index (χ3n) is 9.07. The molecule has 2 aliphatic heterocycles. The summed E-state index contributed by atoms with van der Waals surface area (Å²) >= 11 is 6.64. The molecule has 0 bridgehead atoms. The third-order valence-corrected chi connectivity index (χ3v) is 9.43. The number of ether oxygens (including phenoxy) is 5. The smallest absolute Gasteiger partial charge is 0.332 e. The topological polar surface area (TPSA) is 136 Å². The predicted octanol–water partition coefficient (Wildman–Crippen LogP) is 4.15. The van der Waals surface area contributed by atoms with Gasteiger partial charge in [0.2, 0.25) is 17.2 Å². The number of anilines is 1. The lowest BCUT2D eigenvalue weighted by Crippen LogP contribution is -2.58. The zero-order chi connectivity index (χ0) is 34.1. The number of allylic oxidation sites excluding steroid dienone is 1. The number of hydrogen-bond acceptors (Lipinski definition) is 10. The zero-order valence-corrected chi connectivity index (χ0v) is 27.8. The van der Waals surface area contributed by atoms with E-state index in [0.29, 0.717) is 22.8 Å². The summed E-state index contributed by atoms with van der Waals surface area (Å²) in [4.78, 5) is 56.5. The Hall–Kier alpha value is -4.97. The van der Waals surface area contributed by atoms with Gasteiger partial charge >= 0.3 is 5.69 Å². The first kappa shape index (κ1) is 32.0. The Morgan fingerprint density at radius 2 is 1.68 bits per heavy atom. The number of hydrogen-bond donors (Lipinski definition) is 1. The molecular formula is C34H34ClN3O9. The molecule has 1 aromatic heterocycles. The van der Waals surface area contributed by atoms with E-state index in [1.165, 1.54) is 39.0 Å². The molecule has 0 fully saturated rings. The fourth-order valence-corrected chi connectivity index (χ4v) is 6.97.